The van der Waals surface area contributed by atoms with Crippen molar-refractivity contribution in [3.05, 3.63) is 23.8 Å². The van der Waals surface area contributed by atoms with Crippen molar-refractivity contribution in [2.24, 2.45) is 5.92 Å². The predicted octanol–water partition coefficient (Wildman–Crippen LogP) is 1.49. The number of anilines is 1. The third-order valence-electron chi connectivity index (χ3n) is 5.06. The lowest BCUT2D eigenvalue weighted by Crippen LogP contribution is -2.45. The van der Waals surface area contributed by atoms with E-state index in [1.807, 2.05) is 7.05 Å². The Balaban J connectivity index is 2.43. The summed E-state index contributed by atoms with van der Waals surface area (Å²) in [5.41, 5.74) is 0.634. The van der Waals surface area contributed by atoms with E-state index in [1.165, 1.54) is 6.07 Å². The molecule has 9 heteroatoms. The van der Waals surface area contributed by atoms with Gasteiger partial charge in [0.2, 0.25) is 10.0 Å². The zero-order valence-electron chi connectivity index (χ0n) is 17.4. The van der Waals surface area contributed by atoms with Crippen molar-refractivity contribution < 1.29 is 22.7 Å². The Morgan fingerprint density at radius 1 is 1.21 bits per heavy atom. The minimum atomic E-state index is -3.45. The van der Waals surface area contributed by atoms with Crippen LogP contribution in [0.4, 0.5) is 5.69 Å². The number of rotatable bonds is 3. The third-order valence-corrected chi connectivity index (χ3v) is 5.67. The minimum absolute atomic E-state index is 0.121. The van der Waals surface area contributed by atoms with Crippen LogP contribution in [0.3, 0.4) is 0 Å². The Bertz CT molecular complexity index is 799. The molecule has 1 N–H and O–H groups in total. The summed E-state index contributed by atoms with van der Waals surface area (Å²) in [4.78, 5) is 16.9. The van der Waals surface area contributed by atoms with Crippen molar-refractivity contribution in [3.63, 3.8) is 0 Å². The van der Waals surface area contributed by atoms with Gasteiger partial charge >= 0.3 is 0 Å². The van der Waals surface area contributed by atoms with E-state index in [1.54, 1.807) is 31.2 Å². The Kier molecular flexibility index (Phi) is 7.30. The van der Waals surface area contributed by atoms with Crippen molar-refractivity contribution in [1.82, 2.24) is 9.80 Å². The number of nitrogens with one attached hydrogen (secondary N) is 1. The van der Waals surface area contributed by atoms with Crippen molar-refractivity contribution in [2.45, 2.75) is 26.0 Å². The maximum absolute atomic E-state index is 13.1. The second kappa shape index (κ2) is 9.11. The van der Waals surface area contributed by atoms with Crippen molar-refractivity contribution in [3.8, 4) is 5.75 Å². The molecule has 0 saturated carbocycles. The van der Waals surface area contributed by atoms with Crippen LogP contribution in [0.2, 0.25) is 0 Å². The molecule has 0 radical (unpaired) electrons. The molecule has 3 atom stereocenters. The number of benzene rings is 1. The van der Waals surface area contributed by atoms with Crippen LogP contribution in [-0.4, -0.2) is 83.4 Å². The number of sulfonamides is 1. The first-order valence-electron chi connectivity index (χ1n) is 9.25. The normalized spacial score (nSPS) is 25.3. The molecule has 1 aromatic rings. The molecule has 1 aromatic carbocycles. The standard InChI is InChI=1S/C19H31N3O5S/c1-13-10-21(3)14(2)12-27-17-8-7-15(20-28(6,24)25)9-16(17)19(23)22(4)11-18(13)26-5/h7-9,13-14,18,20H,10-12H2,1-6H3/t13-,14-,18+/m1/s1. The molecule has 2 rings (SSSR count). The average molecular weight is 414 g/mol. The maximum atomic E-state index is 13.1. The number of amides is 1. The zero-order chi connectivity index (χ0) is 21.1. The monoisotopic (exact) mass is 413 g/mol. The second-order valence-electron chi connectivity index (χ2n) is 7.62. The van der Waals surface area contributed by atoms with E-state index < -0.39 is 10.0 Å². The van der Waals surface area contributed by atoms with Crippen LogP contribution in [0.5, 0.6) is 5.75 Å². The number of hydrogen-bond acceptors (Lipinski definition) is 6. The molecule has 1 aliphatic rings. The summed E-state index contributed by atoms with van der Waals surface area (Å²) in [6, 6.07) is 4.87. The first-order valence-corrected chi connectivity index (χ1v) is 11.1. The van der Waals surface area contributed by atoms with Gasteiger partial charge in [-0.3, -0.25) is 14.4 Å². The molecule has 0 fully saturated rings. The molecule has 0 saturated heterocycles. The number of carbonyl (C=O) groups is 1. The summed E-state index contributed by atoms with van der Waals surface area (Å²) < 4.78 is 37.1. The van der Waals surface area contributed by atoms with Crippen LogP contribution >= 0.6 is 0 Å². The van der Waals surface area contributed by atoms with Gasteiger partial charge < -0.3 is 14.4 Å². The minimum Gasteiger partial charge on any atom is -0.491 e. The van der Waals surface area contributed by atoms with Gasteiger partial charge in [-0.2, -0.15) is 0 Å². The largest absolute Gasteiger partial charge is 0.491 e. The molecular weight excluding hydrogens is 382 g/mol. The SMILES string of the molecule is CO[C@H]1CN(C)C(=O)c2cc(NS(C)(=O)=O)ccc2OC[C@@H](C)N(C)C[C@H]1C. The van der Waals surface area contributed by atoms with Crippen LogP contribution in [0.1, 0.15) is 24.2 Å². The number of ether oxygens (including phenoxy) is 2. The van der Waals surface area contributed by atoms with Crippen LogP contribution < -0.4 is 9.46 Å². The molecule has 0 bridgehead atoms. The molecule has 8 nitrogen and oxygen atoms in total. The van der Waals surface area contributed by atoms with E-state index in [4.69, 9.17) is 9.47 Å². The van der Waals surface area contributed by atoms with Crippen LogP contribution in [0, 0.1) is 5.92 Å². The van der Waals surface area contributed by atoms with E-state index in [0.29, 0.717) is 30.2 Å². The van der Waals surface area contributed by atoms with Gasteiger partial charge in [0.05, 0.1) is 17.9 Å². The van der Waals surface area contributed by atoms with Crippen molar-refractivity contribution in [1.29, 1.82) is 0 Å². The molecule has 28 heavy (non-hydrogen) atoms. The number of methoxy groups -OCH3 is 1. The molecule has 1 aliphatic heterocycles. The molecule has 1 amide bonds. The van der Waals surface area contributed by atoms with E-state index in [2.05, 4.69) is 23.5 Å². The summed E-state index contributed by atoms with van der Waals surface area (Å²) in [6.45, 7) is 5.80. The fraction of sp³-hybridized carbons (Fsp3) is 0.632. The number of carbonyl (C=O) groups excluding carboxylic acids is 1. The third kappa shape index (κ3) is 5.83. The molecular formula is C19H31N3O5S. The highest BCUT2D eigenvalue weighted by atomic mass is 32.2. The van der Waals surface area contributed by atoms with Gasteiger partial charge in [-0.05, 0) is 38.1 Å². The Morgan fingerprint density at radius 3 is 2.50 bits per heavy atom. The second-order valence-corrected chi connectivity index (χ2v) is 9.37. The highest BCUT2D eigenvalue weighted by molar-refractivity contribution is 7.92. The number of likely N-dealkylation sites (N-methyl/N-ethyl adjacent to an activating group) is 2. The fourth-order valence-corrected chi connectivity index (χ4v) is 3.79. The quantitative estimate of drug-likeness (QED) is 0.808. The molecule has 0 spiro atoms. The molecule has 0 aliphatic carbocycles. The number of nitrogens with zero attached hydrogens (tertiary/aromatic N) is 2. The highest BCUT2D eigenvalue weighted by Gasteiger charge is 2.27. The van der Waals surface area contributed by atoms with E-state index in [-0.39, 0.29) is 24.0 Å². The van der Waals surface area contributed by atoms with E-state index in [9.17, 15) is 13.2 Å². The summed E-state index contributed by atoms with van der Waals surface area (Å²) in [7, 11) is 1.95. The topological polar surface area (TPSA) is 88.2 Å². The van der Waals surface area contributed by atoms with E-state index in [0.717, 1.165) is 12.8 Å². The highest BCUT2D eigenvalue weighted by Crippen LogP contribution is 2.26. The zero-order valence-corrected chi connectivity index (χ0v) is 18.2. The lowest BCUT2D eigenvalue weighted by molar-refractivity contribution is 0.0150. The van der Waals surface area contributed by atoms with Gasteiger partial charge in [-0.25, -0.2) is 8.42 Å². The lowest BCUT2D eigenvalue weighted by Gasteiger charge is -2.34. The smallest absolute Gasteiger partial charge is 0.257 e. The van der Waals surface area contributed by atoms with E-state index >= 15 is 0 Å². The average Bonchev–Trinajstić information content (AvgIpc) is 2.61. The van der Waals surface area contributed by atoms with Gasteiger partial charge in [0, 0.05) is 39.0 Å². The Labute approximate surface area is 167 Å². The van der Waals surface area contributed by atoms with Crippen molar-refractivity contribution in [2.75, 3.05) is 51.9 Å². The summed E-state index contributed by atoms with van der Waals surface area (Å²) in [6.07, 6.45) is 0.948. The number of fused-ring (bicyclic) bond motifs is 1. The Morgan fingerprint density at radius 2 is 1.89 bits per heavy atom. The van der Waals surface area contributed by atoms with Gasteiger partial charge in [-0.1, -0.05) is 6.92 Å². The van der Waals surface area contributed by atoms with Gasteiger partial charge in [0.1, 0.15) is 12.4 Å². The number of hydrogen-bond donors (Lipinski definition) is 1. The van der Waals surface area contributed by atoms with Gasteiger partial charge in [0.15, 0.2) is 0 Å². The van der Waals surface area contributed by atoms with Crippen molar-refractivity contribution >= 4 is 21.6 Å². The first kappa shape index (κ1) is 22.4. The fourth-order valence-electron chi connectivity index (χ4n) is 3.24. The maximum Gasteiger partial charge on any atom is 0.257 e. The molecule has 158 valence electrons. The predicted molar refractivity (Wildman–Crippen MR) is 109 cm³/mol. The molecule has 0 aromatic heterocycles. The van der Waals surface area contributed by atoms with Crippen LogP contribution in [-0.2, 0) is 14.8 Å². The van der Waals surface area contributed by atoms with Crippen LogP contribution in [0.15, 0.2) is 18.2 Å². The molecule has 1 heterocycles. The summed E-state index contributed by atoms with van der Waals surface area (Å²) in [5, 5.41) is 0. The molecule has 0 unspecified atom stereocenters. The van der Waals surface area contributed by atoms with Crippen LogP contribution in [0.25, 0.3) is 0 Å². The summed E-state index contributed by atoms with van der Waals surface area (Å²) in [5.74, 6) is 0.395. The lowest BCUT2D eigenvalue weighted by atomic mass is 10.0. The first-order chi connectivity index (χ1) is 13.0. The van der Waals surface area contributed by atoms with Gasteiger partial charge in [0.25, 0.3) is 5.91 Å². The van der Waals surface area contributed by atoms with Gasteiger partial charge in [-0.15, -0.1) is 0 Å². The summed E-state index contributed by atoms with van der Waals surface area (Å²) >= 11 is 0. The Hall–Kier alpha value is -1.84.